The van der Waals surface area contributed by atoms with E-state index in [9.17, 15) is 4.79 Å². The summed E-state index contributed by atoms with van der Waals surface area (Å²) in [6.45, 7) is 16.1. The zero-order valence-corrected chi connectivity index (χ0v) is 17.4. The van der Waals surface area contributed by atoms with E-state index in [4.69, 9.17) is 0 Å². The first kappa shape index (κ1) is 23.4. The molecule has 2 atom stereocenters. The van der Waals surface area contributed by atoms with Crippen LogP contribution in [0.25, 0.3) is 0 Å². The van der Waals surface area contributed by atoms with Crippen molar-refractivity contribution >= 4 is 18.3 Å². The van der Waals surface area contributed by atoms with Gasteiger partial charge in [0.1, 0.15) is 5.69 Å². The van der Waals surface area contributed by atoms with E-state index in [1.54, 1.807) is 6.07 Å². The molecular formula is C20H34ClN5O. The van der Waals surface area contributed by atoms with E-state index in [0.29, 0.717) is 24.2 Å². The first-order valence-electron chi connectivity index (χ1n) is 9.56. The summed E-state index contributed by atoms with van der Waals surface area (Å²) in [5.41, 5.74) is 0.483. The number of hydrogen-bond acceptors (Lipinski definition) is 4. The maximum Gasteiger partial charge on any atom is 0.271 e. The van der Waals surface area contributed by atoms with E-state index < -0.39 is 0 Å². The zero-order chi connectivity index (χ0) is 18.9. The van der Waals surface area contributed by atoms with Crippen molar-refractivity contribution < 1.29 is 4.79 Å². The lowest BCUT2D eigenvalue weighted by molar-refractivity contribution is 0.0920. The molecule has 2 heterocycles. The molecule has 0 spiro atoms. The third kappa shape index (κ3) is 6.79. The molecule has 6 nitrogen and oxygen atoms in total. The number of rotatable bonds is 10. The average Bonchev–Trinajstić information content (AvgIpc) is 3.13. The third-order valence-corrected chi connectivity index (χ3v) is 4.92. The SMILES string of the molecule is C=CCN(CC=C)C(CNC(=O)c1ccn(C2CCCNC2)n1)C(C)C.Cl. The highest BCUT2D eigenvalue weighted by Crippen LogP contribution is 2.16. The molecule has 2 rings (SSSR count). The fraction of sp³-hybridized carbons (Fsp3) is 0.600. The number of piperidine rings is 1. The summed E-state index contributed by atoms with van der Waals surface area (Å²) in [6, 6.07) is 2.36. The standard InChI is InChI=1S/C20H33N5O.ClH/c1-5-11-24(12-6-2)19(16(3)4)15-22-20(26)18-9-13-25(23-18)17-8-7-10-21-14-17;/h5-6,9,13,16-17,19,21H,1-2,7-8,10-12,14-15H2,3-4H3,(H,22,26);1H. The highest BCUT2D eigenvalue weighted by atomic mass is 35.5. The Morgan fingerprint density at radius 3 is 2.70 bits per heavy atom. The summed E-state index contributed by atoms with van der Waals surface area (Å²) in [5.74, 6) is 0.288. The molecule has 1 aromatic heterocycles. The molecule has 0 radical (unpaired) electrons. The summed E-state index contributed by atoms with van der Waals surface area (Å²) >= 11 is 0. The van der Waals surface area contributed by atoms with Crippen LogP contribution in [0.3, 0.4) is 0 Å². The van der Waals surface area contributed by atoms with Crippen LogP contribution in [0.2, 0.25) is 0 Å². The predicted molar refractivity (Wildman–Crippen MR) is 114 cm³/mol. The van der Waals surface area contributed by atoms with E-state index in [-0.39, 0.29) is 24.4 Å². The van der Waals surface area contributed by atoms with Crippen molar-refractivity contribution in [3.05, 3.63) is 43.3 Å². The number of carbonyl (C=O) groups excluding carboxylic acids is 1. The Morgan fingerprint density at radius 2 is 2.15 bits per heavy atom. The summed E-state index contributed by atoms with van der Waals surface area (Å²) in [6.07, 6.45) is 7.93. The molecule has 1 amide bonds. The number of nitrogens with one attached hydrogen (secondary N) is 2. The molecule has 2 unspecified atom stereocenters. The van der Waals surface area contributed by atoms with Gasteiger partial charge in [-0.1, -0.05) is 26.0 Å². The molecule has 0 aliphatic carbocycles. The summed E-state index contributed by atoms with van der Waals surface area (Å²) in [4.78, 5) is 14.8. The zero-order valence-electron chi connectivity index (χ0n) is 16.6. The van der Waals surface area contributed by atoms with Crippen molar-refractivity contribution in [3.63, 3.8) is 0 Å². The first-order chi connectivity index (χ1) is 12.6. The molecule has 7 heteroatoms. The van der Waals surface area contributed by atoms with Gasteiger partial charge in [0.05, 0.1) is 6.04 Å². The van der Waals surface area contributed by atoms with Crippen LogP contribution in [-0.4, -0.2) is 59.4 Å². The largest absolute Gasteiger partial charge is 0.349 e. The molecule has 1 aliphatic heterocycles. The van der Waals surface area contributed by atoms with Crippen LogP contribution in [0, 0.1) is 5.92 Å². The van der Waals surface area contributed by atoms with E-state index >= 15 is 0 Å². The number of hydrogen-bond donors (Lipinski definition) is 2. The number of carbonyl (C=O) groups is 1. The summed E-state index contributed by atoms with van der Waals surface area (Å²) in [5, 5.41) is 10.9. The molecular weight excluding hydrogens is 362 g/mol. The van der Waals surface area contributed by atoms with E-state index in [2.05, 4.69) is 47.6 Å². The lowest BCUT2D eigenvalue weighted by atomic mass is 10.0. The van der Waals surface area contributed by atoms with Gasteiger partial charge in [0.15, 0.2) is 0 Å². The van der Waals surface area contributed by atoms with E-state index in [1.807, 2.05) is 23.0 Å². The van der Waals surface area contributed by atoms with Gasteiger partial charge in [-0.2, -0.15) is 5.10 Å². The molecule has 152 valence electrons. The van der Waals surface area contributed by atoms with Gasteiger partial charge in [-0.25, -0.2) is 0 Å². The molecule has 27 heavy (non-hydrogen) atoms. The minimum atomic E-state index is -0.115. The second-order valence-corrected chi connectivity index (χ2v) is 7.23. The van der Waals surface area contributed by atoms with Crippen molar-refractivity contribution in [2.24, 2.45) is 5.92 Å². The Bertz CT molecular complexity index is 585. The van der Waals surface area contributed by atoms with Gasteiger partial charge in [0.25, 0.3) is 5.91 Å². The van der Waals surface area contributed by atoms with Crippen LogP contribution in [-0.2, 0) is 0 Å². The van der Waals surface area contributed by atoms with Gasteiger partial charge < -0.3 is 10.6 Å². The number of halogens is 1. The molecule has 1 aromatic rings. The van der Waals surface area contributed by atoms with E-state index in [0.717, 1.165) is 39.0 Å². The molecule has 0 bridgehead atoms. The van der Waals surface area contributed by atoms with Crippen molar-refractivity contribution in [1.82, 2.24) is 25.3 Å². The third-order valence-electron chi connectivity index (χ3n) is 4.92. The highest BCUT2D eigenvalue weighted by Gasteiger charge is 2.22. The lowest BCUT2D eigenvalue weighted by Gasteiger charge is -2.33. The lowest BCUT2D eigenvalue weighted by Crippen LogP contribution is -2.47. The predicted octanol–water partition coefficient (Wildman–Crippen LogP) is 2.66. The van der Waals surface area contributed by atoms with Crippen LogP contribution in [0.15, 0.2) is 37.6 Å². The van der Waals surface area contributed by atoms with Crippen LogP contribution in [0.4, 0.5) is 0 Å². The van der Waals surface area contributed by atoms with Gasteiger partial charge in [-0.3, -0.25) is 14.4 Å². The average molecular weight is 396 g/mol. The smallest absolute Gasteiger partial charge is 0.271 e. The minimum absolute atomic E-state index is 0. The van der Waals surface area contributed by atoms with Crippen molar-refractivity contribution in [2.45, 2.75) is 38.8 Å². The molecule has 0 aromatic carbocycles. The number of amides is 1. The first-order valence-corrected chi connectivity index (χ1v) is 9.56. The van der Waals surface area contributed by atoms with Gasteiger partial charge >= 0.3 is 0 Å². The quantitative estimate of drug-likeness (QED) is 0.598. The monoisotopic (exact) mass is 395 g/mol. The van der Waals surface area contributed by atoms with Crippen molar-refractivity contribution in [1.29, 1.82) is 0 Å². The maximum atomic E-state index is 12.5. The molecule has 1 saturated heterocycles. The van der Waals surface area contributed by atoms with Crippen LogP contribution in [0.1, 0.15) is 43.2 Å². The van der Waals surface area contributed by atoms with Gasteiger partial charge in [-0.15, -0.1) is 25.6 Å². The number of nitrogens with zero attached hydrogens (tertiary/aromatic N) is 3. The molecule has 1 fully saturated rings. The minimum Gasteiger partial charge on any atom is -0.349 e. The Morgan fingerprint density at radius 1 is 1.44 bits per heavy atom. The Balaban J connectivity index is 0.00000364. The molecule has 2 N–H and O–H groups in total. The van der Waals surface area contributed by atoms with Crippen LogP contribution in [0.5, 0.6) is 0 Å². The second kappa shape index (κ2) is 12.0. The Kier molecular flexibility index (Phi) is 10.4. The summed E-state index contributed by atoms with van der Waals surface area (Å²) < 4.78 is 1.92. The normalized spacial score (nSPS) is 18.0. The maximum absolute atomic E-state index is 12.5. The van der Waals surface area contributed by atoms with Crippen LogP contribution >= 0.6 is 12.4 Å². The van der Waals surface area contributed by atoms with Crippen molar-refractivity contribution in [3.8, 4) is 0 Å². The molecule has 1 aliphatic rings. The second-order valence-electron chi connectivity index (χ2n) is 7.23. The van der Waals surface area contributed by atoms with Crippen LogP contribution < -0.4 is 10.6 Å². The van der Waals surface area contributed by atoms with Crippen molar-refractivity contribution in [2.75, 3.05) is 32.7 Å². The fourth-order valence-corrected chi connectivity index (χ4v) is 3.47. The Hall–Kier alpha value is -1.63. The topological polar surface area (TPSA) is 62.2 Å². The number of aromatic nitrogens is 2. The van der Waals surface area contributed by atoms with Gasteiger partial charge in [0, 0.05) is 38.4 Å². The Labute approximate surface area is 169 Å². The summed E-state index contributed by atoms with van der Waals surface area (Å²) in [7, 11) is 0. The molecule has 0 saturated carbocycles. The highest BCUT2D eigenvalue weighted by molar-refractivity contribution is 5.92. The van der Waals surface area contributed by atoms with E-state index in [1.165, 1.54) is 0 Å². The fourth-order valence-electron chi connectivity index (χ4n) is 3.47. The van der Waals surface area contributed by atoms with Gasteiger partial charge in [-0.05, 0) is 31.4 Å². The van der Waals surface area contributed by atoms with Gasteiger partial charge in [0.2, 0.25) is 0 Å².